The van der Waals surface area contributed by atoms with Crippen LogP contribution in [-0.4, -0.2) is 6.04 Å². The molecule has 0 aliphatic rings. The molecule has 0 radical (unpaired) electrons. The number of halogens is 1. The Bertz CT molecular complexity index is 563. The van der Waals surface area contributed by atoms with Gasteiger partial charge in [0.25, 0.3) is 0 Å². The van der Waals surface area contributed by atoms with Gasteiger partial charge in [0.05, 0.1) is 0 Å². The fraction of sp³-hybridized carbons (Fsp3) is 0.294. The Hall–Kier alpha value is -1.67. The van der Waals surface area contributed by atoms with Crippen LogP contribution in [0.2, 0.25) is 0 Å². The van der Waals surface area contributed by atoms with E-state index in [1.165, 1.54) is 17.2 Å². The molecule has 0 bridgehead atoms. The van der Waals surface area contributed by atoms with Gasteiger partial charge in [-0.05, 0) is 61.1 Å². The summed E-state index contributed by atoms with van der Waals surface area (Å²) in [6.07, 6.45) is 1.53. The fourth-order valence-corrected chi connectivity index (χ4v) is 2.34. The lowest BCUT2D eigenvalue weighted by Crippen LogP contribution is -2.26. The number of hydrogen-bond donors (Lipinski definition) is 1. The highest BCUT2D eigenvalue weighted by molar-refractivity contribution is 5.29. The molecule has 1 unspecified atom stereocenters. The molecule has 1 nitrogen and oxygen atoms in total. The Morgan fingerprint density at radius 2 is 1.58 bits per heavy atom. The molecule has 0 saturated carbocycles. The van der Waals surface area contributed by atoms with E-state index in [-0.39, 0.29) is 11.9 Å². The molecule has 2 heteroatoms. The molecular weight excluding hydrogens is 237 g/mol. The largest absolute Gasteiger partial charge is 0.327 e. The third-order valence-electron chi connectivity index (χ3n) is 3.54. The van der Waals surface area contributed by atoms with E-state index in [2.05, 4.69) is 19.1 Å². The summed E-state index contributed by atoms with van der Waals surface area (Å²) in [4.78, 5) is 0. The van der Waals surface area contributed by atoms with E-state index in [0.29, 0.717) is 6.42 Å². The van der Waals surface area contributed by atoms with Crippen molar-refractivity contribution in [1.82, 2.24) is 0 Å². The lowest BCUT2D eigenvalue weighted by molar-refractivity contribution is 0.616. The topological polar surface area (TPSA) is 26.0 Å². The van der Waals surface area contributed by atoms with Gasteiger partial charge in [0.15, 0.2) is 0 Å². The van der Waals surface area contributed by atoms with Gasteiger partial charge in [0.2, 0.25) is 0 Å². The zero-order valence-electron chi connectivity index (χ0n) is 11.5. The molecule has 1 atom stereocenters. The van der Waals surface area contributed by atoms with Crippen molar-refractivity contribution in [3.63, 3.8) is 0 Å². The average Bonchev–Trinajstić information content (AvgIpc) is 2.37. The van der Waals surface area contributed by atoms with Crippen LogP contribution in [0.25, 0.3) is 0 Å². The van der Waals surface area contributed by atoms with Crippen molar-refractivity contribution in [2.75, 3.05) is 0 Å². The van der Waals surface area contributed by atoms with Crippen molar-refractivity contribution in [3.05, 3.63) is 70.5 Å². The third kappa shape index (κ3) is 3.65. The minimum Gasteiger partial charge on any atom is -0.327 e. The summed E-state index contributed by atoms with van der Waals surface area (Å²) in [6, 6.07) is 13.2. The van der Waals surface area contributed by atoms with Crippen molar-refractivity contribution >= 4 is 0 Å². The predicted molar refractivity (Wildman–Crippen MR) is 77.7 cm³/mol. The maximum Gasteiger partial charge on any atom is 0.123 e. The first kappa shape index (κ1) is 13.8. The van der Waals surface area contributed by atoms with Crippen molar-refractivity contribution in [2.24, 2.45) is 5.73 Å². The van der Waals surface area contributed by atoms with Gasteiger partial charge in [-0.25, -0.2) is 4.39 Å². The van der Waals surface area contributed by atoms with Gasteiger partial charge in [-0.2, -0.15) is 0 Å². The van der Waals surface area contributed by atoms with Gasteiger partial charge in [-0.1, -0.05) is 30.3 Å². The summed E-state index contributed by atoms with van der Waals surface area (Å²) in [5.41, 5.74) is 10.8. The lowest BCUT2D eigenvalue weighted by atomic mass is 9.95. The van der Waals surface area contributed by atoms with Gasteiger partial charge < -0.3 is 5.73 Å². The van der Waals surface area contributed by atoms with Gasteiger partial charge in [0, 0.05) is 6.04 Å². The fourth-order valence-electron chi connectivity index (χ4n) is 2.34. The van der Waals surface area contributed by atoms with E-state index in [1.807, 2.05) is 25.1 Å². The number of aryl methyl sites for hydroxylation is 2. The average molecular weight is 257 g/mol. The third-order valence-corrected chi connectivity index (χ3v) is 3.54. The second kappa shape index (κ2) is 5.98. The van der Waals surface area contributed by atoms with E-state index < -0.39 is 0 Å². The standard InChI is InChI=1S/C17H20FN/c1-12-5-3-4-6-14(12)10-17(19)11-15-9-16(18)8-7-13(15)2/h3-9,17H,10-11,19H2,1-2H3. The van der Waals surface area contributed by atoms with Crippen LogP contribution in [0.15, 0.2) is 42.5 Å². The Morgan fingerprint density at radius 3 is 2.32 bits per heavy atom. The highest BCUT2D eigenvalue weighted by Gasteiger charge is 2.09. The summed E-state index contributed by atoms with van der Waals surface area (Å²) in [6.45, 7) is 4.09. The van der Waals surface area contributed by atoms with Crippen LogP contribution in [0.4, 0.5) is 4.39 Å². The second-order valence-corrected chi connectivity index (χ2v) is 5.17. The van der Waals surface area contributed by atoms with Gasteiger partial charge in [-0.15, -0.1) is 0 Å². The Kier molecular flexibility index (Phi) is 4.33. The maximum atomic E-state index is 13.2. The molecule has 100 valence electrons. The first-order chi connectivity index (χ1) is 9.06. The lowest BCUT2D eigenvalue weighted by Gasteiger charge is -2.15. The van der Waals surface area contributed by atoms with Gasteiger partial charge in [0.1, 0.15) is 5.82 Å². The molecule has 0 aliphatic carbocycles. The Labute approximate surface area is 114 Å². The Morgan fingerprint density at radius 1 is 0.947 bits per heavy atom. The summed E-state index contributed by atoms with van der Waals surface area (Å²) < 4.78 is 13.2. The van der Waals surface area contributed by atoms with Crippen LogP contribution in [0, 0.1) is 19.7 Å². The highest BCUT2D eigenvalue weighted by atomic mass is 19.1. The molecule has 2 rings (SSSR count). The van der Waals surface area contributed by atoms with Crippen LogP contribution < -0.4 is 5.73 Å². The minimum atomic E-state index is -0.191. The molecule has 0 aromatic heterocycles. The van der Waals surface area contributed by atoms with Gasteiger partial charge >= 0.3 is 0 Å². The predicted octanol–water partition coefficient (Wildman–Crippen LogP) is 3.56. The number of benzene rings is 2. The first-order valence-corrected chi connectivity index (χ1v) is 6.61. The van der Waals surface area contributed by atoms with Crippen LogP contribution in [0.5, 0.6) is 0 Å². The van der Waals surface area contributed by atoms with Crippen LogP contribution >= 0.6 is 0 Å². The number of hydrogen-bond acceptors (Lipinski definition) is 1. The Balaban J connectivity index is 2.07. The monoisotopic (exact) mass is 257 g/mol. The van der Waals surface area contributed by atoms with Gasteiger partial charge in [-0.3, -0.25) is 0 Å². The van der Waals surface area contributed by atoms with Crippen molar-refractivity contribution in [3.8, 4) is 0 Å². The summed E-state index contributed by atoms with van der Waals surface area (Å²) in [5, 5.41) is 0. The SMILES string of the molecule is Cc1ccccc1CC(N)Cc1cc(F)ccc1C. The van der Waals surface area contributed by atoms with Crippen LogP contribution in [0.1, 0.15) is 22.3 Å². The summed E-state index contributed by atoms with van der Waals surface area (Å²) in [5.74, 6) is -0.191. The molecule has 2 aromatic carbocycles. The zero-order valence-corrected chi connectivity index (χ0v) is 11.5. The highest BCUT2D eigenvalue weighted by Crippen LogP contribution is 2.15. The van der Waals surface area contributed by atoms with Crippen molar-refractivity contribution < 1.29 is 4.39 Å². The van der Waals surface area contributed by atoms with Crippen molar-refractivity contribution in [2.45, 2.75) is 32.7 Å². The van der Waals surface area contributed by atoms with E-state index in [0.717, 1.165) is 17.5 Å². The van der Waals surface area contributed by atoms with E-state index in [4.69, 9.17) is 5.73 Å². The molecule has 19 heavy (non-hydrogen) atoms. The zero-order chi connectivity index (χ0) is 13.8. The molecule has 2 aromatic rings. The summed E-state index contributed by atoms with van der Waals surface area (Å²) in [7, 11) is 0. The first-order valence-electron chi connectivity index (χ1n) is 6.61. The number of nitrogens with two attached hydrogens (primary N) is 1. The summed E-state index contributed by atoms with van der Waals surface area (Å²) >= 11 is 0. The van der Waals surface area contributed by atoms with E-state index >= 15 is 0 Å². The number of rotatable bonds is 4. The molecule has 0 aliphatic heterocycles. The van der Waals surface area contributed by atoms with Crippen LogP contribution in [0.3, 0.4) is 0 Å². The minimum absolute atomic E-state index is 0.0154. The smallest absolute Gasteiger partial charge is 0.123 e. The molecule has 0 amide bonds. The normalized spacial score (nSPS) is 12.4. The van der Waals surface area contributed by atoms with Crippen LogP contribution in [-0.2, 0) is 12.8 Å². The van der Waals surface area contributed by atoms with E-state index in [9.17, 15) is 4.39 Å². The maximum absolute atomic E-state index is 13.2. The molecule has 0 heterocycles. The molecule has 0 fully saturated rings. The molecule has 0 saturated heterocycles. The molecular formula is C17H20FN. The second-order valence-electron chi connectivity index (χ2n) is 5.17. The van der Waals surface area contributed by atoms with E-state index in [1.54, 1.807) is 6.07 Å². The molecule has 2 N–H and O–H groups in total. The quantitative estimate of drug-likeness (QED) is 0.890. The van der Waals surface area contributed by atoms with Crippen molar-refractivity contribution in [1.29, 1.82) is 0 Å². The molecule has 0 spiro atoms.